The first kappa shape index (κ1) is 22.0. The Labute approximate surface area is 198 Å². The summed E-state index contributed by atoms with van der Waals surface area (Å²) < 4.78 is 11.1. The molecule has 1 aliphatic rings. The lowest BCUT2D eigenvalue weighted by molar-refractivity contribution is 0.125. The molecule has 1 aliphatic heterocycles. The molecule has 3 aromatic carbocycles. The van der Waals surface area contributed by atoms with Crippen LogP contribution in [0.25, 0.3) is 22.4 Å². The summed E-state index contributed by atoms with van der Waals surface area (Å²) in [5.74, 6) is 2.50. The van der Waals surface area contributed by atoms with Crippen LogP contribution in [0, 0.1) is 5.92 Å². The molecule has 0 spiro atoms. The predicted molar refractivity (Wildman–Crippen MR) is 132 cm³/mol. The molecule has 0 bridgehead atoms. The number of aromatic nitrogens is 2. The van der Waals surface area contributed by atoms with Crippen molar-refractivity contribution in [1.82, 2.24) is 14.9 Å². The zero-order valence-corrected chi connectivity index (χ0v) is 18.9. The van der Waals surface area contributed by atoms with Gasteiger partial charge in [0, 0.05) is 30.6 Å². The van der Waals surface area contributed by atoms with Crippen molar-refractivity contribution < 1.29 is 14.3 Å². The Morgan fingerprint density at radius 2 is 1.85 bits per heavy atom. The van der Waals surface area contributed by atoms with E-state index in [4.69, 9.17) is 15.2 Å². The van der Waals surface area contributed by atoms with E-state index in [0.29, 0.717) is 17.2 Å². The van der Waals surface area contributed by atoms with Gasteiger partial charge in [-0.2, -0.15) is 0 Å². The number of ether oxygens (including phenoxy) is 2. The number of imidazole rings is 1. The standard InChI is InChI=1S/C27H28N4O3/c28-27(32)34-23-12-13-24-25(15-23)30-26(29-24)21-8-10-22(11-9-21)33-18-20-7-4-14-31(17-20)16-19-5-2-1-3-6-19/h1-3,5-6,8-13,15,20H,4,7,14,16-18H2,(H2,28,32)(H,29,30). The number of likely N-dealkylation sites (tertiary alicyclic amines) is 1. The number of benzene rings is 3. The van der Waals surface area contributed by atoms with Crippen molar-refractivity contribution in [3.63, 3.8) is 0 Å². The molecule has 7 nitrogen and oxygen atoms in total. The highest BCUT2D eigenvalue weighted by Crippen LogP contribution is 2.26. The summed E-state index contributed by atoms with van der Waals surface area (Å²) in [6.07, 6.45) is 1.56. The maximum absolute atomic E-state index is 11.0. The van der Waals surface area contributed by atoms with Crippen LogP contribution < -0.4 is 15.2 Å². The van der Waals surface area contributed by atoms with E-state index < -0.39 is 6.09 Å². The summed E-state index contributed by atoms with van der Waals surface area (Å²) in [5, 5.41) is 0. The second-order valence-corrected chi connectivity index (χ2v) is 8.75. The van der Waals surface area contributed by atoms with Gasteiger partial charge in [-0.15, -0.1) is 0 Å². The first-order valence-electron chi connectivity index (χ1n) is 11.6. The lowest BCUT2D eigenvalue weighted by atomic mass is 9.98. The van der Waals surface area contributed by atoms with Gasteiger partial charge in [0.1, 0.15) is 17.3 Å². The lowest BCUT2D eigenvalue weighted by Gasteiger charge is -2.32. The fourth-order valence-corrected chi connectivity index (χ4v) is 4.50. The van der Waals surface area contributed by atoms with Gasteiger partial charge in [-0.05, 0) is 61.3 Å². The van der Waals surface area contributed by atoms with Crippen LogP contribution in [0.5, 0.6) is 11.5 Å². The molecule has 3 N–H and O–H groups in total. The summed E-state index contributed by atoms with van der Waals surface area (Å²) in [5.41, 5.74) is 8.95. The van der Waals surface area contributed by atoms with E-state index in [1.54, 1.807) is 12.1 Å². The second kappa shape index (κ2) is 9.97. The lowest BCUT2D eigenvalue weighted by Crippen LogP contribution is -2.37. The van der Waals surface area contributed by atoms with Crippen LogP contribution in [0.4, 0.5) is 4.79 Å². The van der Waals surface area contributed by atoms with Crippen molar-refractivity contribution in [2.75, 3.05) is 19.7 Å². The molecule has 0 saturated carbocycles. The molecule has 0 radical (unpaired) electrons. The van der Waals surface area contributed by atoms with Crippen LogP contribution in [0.15, 0.2) is 72.8 Å². The number of nitrogens with one attached hydrogen (secondary N) is 1. The monoisotopic (exact) mass is 456 g/mol. The number of H-pyrrole nitrogens is 1. The third kappa shape index (κ3) is 5.38. The van der Waals surface area contributed by atoms with Crippen molar-refractivity contribution >= 4 is 17.1 Å². The van der Waals surface area contributed by atoms with Crippen molar-refractivity contribution in [3.05, 3.63) is 78.4 Å². The van der Waals surface area contributed by atoms with Crippen molar-refractivity contribution in [1.29, 1.82) is 0 Å². The van der Waals surface area contributed by atoms with Gasteiger partial charge in [0.05, 0.1) is 17.6 Å². The molecular weight excluding hydrogens is 428 g/mol. The van der Waals surface area contributed by atoms with E-state index in [1.165, 1.54) is 18.4 Å². The molecule has 7 heteroatoms. The molecule has 0 aliphatic carbocycles. The largest absolute Gasteiger partial charge is 0.493 e. The Morgan fingerprint density at radius 1 is 1.06 bits per heavy atom. The van der Waals surface area contributed by atoms with Crippen LogP contribution >= 0.6 is 0 Å². The molecule has 1 unspecified atom stereocenters. The third-order valence-electron chi connectivity index (χ3n) is 6.14. The maximum Gasteiger partial charge on any atom is 0.409 e. The Kier molecular flexibility index (Phi) is 6.44. The molecule has 1 fully saturated rings. The molecule has 34 heavy (non-hydrogen) atoms. The fourth-order valence-electron chi connectivity index (χ4n) is 4.50. The average Bonchev–Trinajstić information content (AvgIpc) is 3.27. The van der Waals surface area contributed by atoms with Gasteiger partial charge in [0.2, 0.25) is 0 Å². The van der Waals surface area contributed by atoms with Gasteiger partial charge in [-0.25, -0.2) is 9.78 Å². The first-order valence-corrected chi connectivity index (χ1v) is 11.6. The zero-order valence-electron chi connectivity index (χ0n) is 18.9. The molecule has 2 heterocycles. The number of fused-ring (bicyclic) bond motifs is 1. The Morgan fingerprint density at radius 3 is 2.65 bits per heavy atom. The zero-order chi connectivity index (χ0) is 23.3. The quantitative estimate of drug-likeness (QED) is 0.409. The highest BCUT2D eigenvalue weighted by molar-refractivity contribution is 5.81. The SMILES string of the molecule is NC(=O)Oc1ccc2[nH]c(-c3ccc(OCC4CCCN(Cc5ccccc5)C4)cc3)nc2c1. The summed E-state index contributed by atoms with van der Waals surface area (Å²) in [7, 11) is 0. The minimum atomic E-state index is -0.845. The smallest absolute Gasteiger partial charge is 0.409 e. The number of piperidine rings is 1. The predicted octanol–water partition coefficient (Wildman–Crippen LogP) is 4.98. The van der Waals surface area contributed by atoms with Gasteiger partial charge in [-0.1, -0.05) is 30.3 Å². The number of carbonyl (C=O) groups is 1. The molecular formula is C27H28N4O3. The van der Waals surface area contributed by atoms with Gasteiger partial charge in [-0.3, -0.25) is 4.90 Å². The van der Waals surface area contributed by atoms with E-state index in [9.17, 15) is 4.79 Å². The first-order chi connectivity index (χ1) is 16.6. The van der Waals surface area contributed by atoms with Crippen molar-refractivity contribution in [3.8, 4) is 22.9 Å². The van der Waals surface area contributed by atoms with Gasteiger partial charge < -0.3 is 20.2 Å². The van der Waals surface area contributed by atoms with Crippen LogP contribution in [0.2, 0.25) is 0 Å². The third-order valence-corrected chi connectivity index (χ3v) is 6.14. The van der Waals surface area contributed by atoms with Gasteiger partial charge >= 0.3 is 6.09 Å². The topological polar surface area (TPSA) is 93.5 Å². The number of rotatable bonds is 7. The van der Waals surface area contributed by atoms with Crippen molar-refractivity contribution in [2.24, 2.45) is 11.7 Å². The number of amides is 1. The number of carbonyl (C=O) groups excluding carboxylic acids is 1. The minimum absolute atomic E-state index is 0.367. The molecule has 1 atom stereocenters. The maximum atomic E-state index is 11.0. The molecule has 174 valence electrons. The molecule has 1 aromatic heterocycles. The van der Waals surface area contributed by atoms with Crippen molar-refractivity contribution in [2.45, 2.75) is 19.4 Å². The summed E-state index contributed by atoms with van der Waals surface area (Å²) in [4.78, 5) is 21.4. The van der Waals surface area contributed by atoms with E-state index in [2.05, 4.69) is 45.2 Å². The Balaban J connectivity index is 1.18. The number of nitrogens with two attached hydrogens (primary N) is 1. The summed E-state index contributed by atoms with van der Waals surface area (Å²) in [6.45, 7) is 3.93. The Hall–Kier alpha value is -3.84. The molecule has 5 rings (SSSR count). The Bertz CT molecular complexity index is 1250. The van der Waals surface area contributed by atoms with E-state index in [0.717, 1.165) is 48.9 Å². The van der Waals surface area contributed by atoms with E-state index >= 15 is 0 Å². The highest BCUT2D eigenvalue weighted by atomic mass is 16.5. The minimum Gasteiger partial charge on any atom is -0.493 e. The van der Waals surface area contributed by atoms with Crippen LogP contribution in [-0.4, -0.2) is 40.7 Å². The number of hydrogen-bond acceptors (Lipinski definition) is 5. The van der Waals surface area contributed by atoms with E-state index in [-0.39, 0.29) is 0 Å². The second-order valence-electron chi connectivity index (χ2n) is 8.75. The van der Waals surface area contributed by atoms with Crippen LogP contribution in [0.1, 0.15) is 18.4 Å². The molecule has 4 aromatic rings. The number of primary amides is 1. The average molecular weight is 457 g/mol. The number of nitrogens with zero attached hydrogens (tertiary/aromatic N) is 2. The van der Waals surface area contributed by atoms with Crippen LogP contribution in [-0.2, 0) is 6.54 Å². The number of hydrogen-bond donors (Lipinski definition) is 2. The van der Waals surface area contributed by atoms with Gasteiger partial charge in [0.25, 0.3) is 0 Å². The highest BCUT2D eigenvalue weighted by Gasteiger charge is 2.20. The molecule has 1 saturated heterocycles. The van der Waals surface area contributed by atoms with Crippen LogP contribution in [0.3, 0.4) is 0 Å². The normalized spacial score (nSPS) is 16.4. The fraction of sp³-hybridized carbons (Fsp3) is 0.259. The van der Waals surface area contributed by atoms with E-state index in [1.807, 2.05) is 30.3 Å². The summed E-state index contributed by atoms with van der Waals surface area (Å²) >= 11 is 0. The summed E-state index contributed by atoms with van der Waals surface area (Å²) in [6, 6.07) is 23.8. The molecule has 1 amide bonds. The van der Waals surface area contributed by atoms with Gasteiger partial charge in [0.15, 0.2) is 0 Å². The number of aromatic amines is 1.